The van der Waals surface area contributed by atoms with Crippen molar-refractivity contribution in [2.24, 2.45) is 0 Å². The van der Waals surface area contributed by atoms with Gasteiger partial charge in [-0.2, -0.15) is 5.10 Å². The predicted molar refractivity (Wildman–Crippen MR) is 91.8 cm³/mol. The number of fused-ring (bicyclic) bond motifs is 1. The molecule has 1 aliphatic rings. The van der Waals surface area contributed by atoms with Crippen LogP contribution in [-0.2, 0) is 11.3 Å². The van der Waals surface area contributed by atoms with Crippen molar-refractivity contribution in [1.82, 2.24) is 14.8 Å². The lowest BCUT2D eigenvalue weighted by molar-refractivity contribution is -0.116. The van der Waals surface area contributed by atoms with Gasteiger partial charge in [0, 0.05) is 36.0 Å². The van der Waals surface area contributed by atoms with Crippen LogP contribution in [0.2, 0.25) is 0 Å². The van der Waals surface area contributed by atoms with Crippen LogP contribution in [0, 0.1) is 6.92 Å². The number of aromatic nitrogens is 3. The molecule has 0 saturated carbocycles. The van der Waals surface area contributed by atoms with Gasteiger partial charge in [0.15, 0.2) is 5.82 Å². The van der Waals surface area contributed by atoms with Gasteiger partial charge in [-0.15, -0.1) is 0 Å². The van der Waals surface area contributed by atoms with E-state index in [4.69, 9.17) is 0 Å². The second kappa shape index (κ2) is 5.92. The molecule has 1 aromatic carbocycles. The number of nitrogens with zero attached hydrogens (tertiary/aromatic N) is 3. The number of amides is 1. The Hall–Kier alpha value is -2.95. The molecule has 2 aromatic heterocycles. The molecule has 3 heterocycles. The Bertz CT molecular complexity index is 871. The minimum atomic E-state index is 0.00803. The summed E-state index contributed by atoms with van der Waals surface area (Å²) >= 11 is 0. The van der Waals surface area contributed by atoms with Gasteiger partial charge in [-0.05, 0) is 30.2 Å². The van der Waals surface area contributed by atoms with Crippen molar-refractivity contribution < 1.29 is 4.79 Å². The second-order valence-corrected chi connectivity index (χ2v) is 6.08. The molecule has 0 bridgehead atoms. The first kappa shape index (κ1) is 14.6. The van der Waals surface area contributed by atoms with Crippen molar-refractivity contribution in [1.29, 1.82) is 0 Å². The van der Waals surface area contributed by atoms with E-state index in [-0.39, 0.29) is 11.8 Å². The molecule has 0 unspecified atom stereocenters. The molecule has 3 aromatic rings. The van der Waals surface area contributed by atoms with Crippen LogP contribution in [0.15, 0.2) is 54.9 Å². The fraction of sp³-hybridized carbons (Fsp3) is 0.211. The smallest absolute Gasteiger partial charge is 0.226 e. The van der Waals surface area contributed by atoms with Crippen LogP contribution in [0.3, 0.4) is 0 Å². The molecular formula is C19H18N4O. The van der Waals surface area contributed by atoms with Gasteiger partial charge in [-0.3, -0.25) is 14.5 Å². The maximum atomic E-state index is 12.1. The molecule has 0 spiro atoms. The Balaban J connectivity index is 1.76. The molecule has 0 radical (unpaired) electrons. The van der Waals surface area contributed by atoms with Crippen LogP contribution in [0.5, 0.6) is 0 Å². The lowest BCUT2D eigenvalue weighted by Gasteiger charge is -2.22. The summed E-state index contributed by atoms with van der Waals surface area (Å²) in [6, 6.07) is 14.2. The third kappa shape index (κ3) is 2.58. The number of carbonyl (C=O) groups excluding carboxylic acids is 1. The molecule has 4 rings (SSSR count). The number of hydrogen-bond acceptors (Lipinski definition) is 3. The number of nitrogens with one attached hydrogen (secondary N) is 1. The Morgan fingerprint density at radius 2 is 1.92 bits per heavy atom. The van der Waals surface area contributed by atoms with Crippen molar-refractivity contribution in [3.05, 3.63) is 77.2 Å². The van der Waals surface area contributed by atoms with Gasteiger partial charge in [0.05, 0.1) is 6.54 Å². The van der Waals surface area contributed by atoms with Crippen LogP contribution in [0.1, 0.15) is 34.7 Å². The normalized spacial score (nSPS) is 16.5. The third-order valence-electron chi connectivity index (χ3n) is 4.53. The molecule has 5 heteroatoms. The molecule has 5 nitrogen and oxygen atoms in total. The highest BCUT2D eigenvalue weighted by atomic mass is 16.1. The summed E-state index contributed by atoms with van der Waals surface area (Å²) in [5.41, 5.74) is 4.49. The zero-order valence-electron chi connectivity index (χ0n) is 13.4. The molecule has 0 fully saturated rings. The maximum absolute atomic E-state index is 12.1. The average Bonchev–Trinajstić information content (AvgIpc) is 2.91. The van der Waals surface area contributed by atoms with Gasteiger partial charge in [-0.1, -0.05) is 30.3 Å². The summed E-state index contributed by atoms with van der Waals surface area (Å²) < 4.78 is 1.97. The van der Waals surface area contributed by atoms with Gasteiger partial charge in [0.2, 0.25) is 5.91 Å². The van der Waals surface area contributed by atoms with Gasteiger partial charge >= 0.3 is 0 Å². The largest absolute Gasteiger partial charge is 0.309 e. The number of anilines is 1. The first-order chi connectivity index (χ1) is 11.7. The van der Waals surface area contributed by atoms with Gasteiger partial charge in [-0.25, -0.2) is 0 Å². The minimum absolute atomic E-state index is 0.00803. The first-order valence-electron chi connectivity index (χ1n) is 8.03. The Morgan fingerprint density at radius 1 is 1.17 bits per heavy atom. The van der Waals surface area contributed by atoms with E-state index in [0.717, 1.165) is 16.8 Å². The lowest BCUT2D eigenvalue weighted by Crippen LogP contribution is -2.23. The molecule has 1 atom stereocenters. The average molecular weight is 318 g/mol. The van der Waals surface area contributed by atoms with Crippen molar-refractivity contribution >= 4 is 11.7 Å². The van der Waals surface area contributed by atoms with E-state index in [1.165, 1.54) is 5.56 Å². The Labute approximate surface area is 140 Å². The van der Waals surface area contributed by atoms with Crippen LogP contribution in [0.4, 0.5) is 5.82 Å². The van der Waals surface area contributed by atoms with Crippen LogP contribution < -0.4 is 5.32 Å². The summed E-state index contributed by atoms with van der Waals surface area (Å²) in [6.07, 6.45) is 3.98. The number of hydrogen-bond donors (Lipinski definition) is 1. The third-order valence-corrected chi connectivity index (χ3v) is 4.53. The highest BCUT2D eigenvalue weighted by Gasteiger charge is 2.31. The second-order valence-electron chi connectivity index (χ2n) is 6.08. The van der Waals surface area contributed by atoms with Gasteiger partial charge in [0.25, 0.3) is 0 Å². The molecule has 120 valence electrons. The summed E-state index contributed by atoms with van der Waals surface area (Å²) in [6.45, 7) is 2.76. The van der Waals surface area contributed by atoms with E-state index in [1.807, 2.05) is 35.0 Å². The van der Waals surface area contributed by atoms with Crippen LogP contribution in [-0.4, -0.2) is 20.7 Å². The van der Waals surface area contributed by atoms with Crippen molar-refractivity contribution in [3.8, 4) is 0 Å². The number of pyridine rings is 1. The monoisotopic (exact) mass is 318 g/mol. The fourth-order valence-corrected chi connectivity index (χ4v) is 3.33. The van der Waals surface area contributed by atoms with E-state index < -0.39 is 0 Å². The number of carbonyl (C=O) groups is 1. The van der Waals surface area contributed by atoms with Crippen LogP contribution in [0.25, 0.3) is 0 Å². The molecule has 24 heavy (non-hydrogen) atoms. The predicted octanol–water partition coefficient (Wildman–Crippen LogP) is 3.11. The fourth-order valence-electron chi connectivity index (χ4n) is 3.33. The zero-order valence-corrected chi connectivity index (χ0v) is 13.4. The SMILES string of the molecule is Cc1c2c(nn1Cc1ccccc1)NC(=O)C[C@@H]2c1ccncc1. The highest BCUT2D eigenvalue weighted by molar-refractivity contribution is 5.94. The molecule has 1 amide bonds. The van der Waals surface area contributed by atoms with E-state index in [1.54, 1.807) is 12.4 Å². The molecule has 0 aliphatic carbocycles. The van der Waals surface area contributed by atoms with E-state index >= 15 is 0 Å². The van der Waals surface area contributed by atoms with Crippen LogP contribution >= 0.6 is 0 Å². The van der Waals surface area contributed by atoms with E-state index in [2.05, 4.69) is 34.5 Å². The van der Waals surface area contributed by atoms with E-state index in [0.29, 0.717) is 18.8 Å². The summed E-state index contributed by atoms with van der Waals surface area (Å²) in [5.74, 6) is 0.719. The maximum Gasteiger partial charge on any atom is 0.226 e. The standard InChI is InChI=1S/C19H18N4O/c1-13-18-16(15-7-9-20-10-8-15)11-17(24)21-19(18)22-23(13)12-14-5-3-2-4-6-14/h2-10,16H,11-12H2,1H3,(H,21,22,24)/t16-/m1/s1. The summed E-state index contributed by atoms with van der Waals surface area (Å²) in [7, 11) is 0. The molecular weight excluding hydrogens is 300 g/mol. The number of benzene rings is 1. The van der Waals surface area contributed by atoms with E-state index in [9.17, 15) is 4.79 Å². The molecule has 1 N–H and O–H groups in total. The molecule has 0 saturated heterocycles. The topological polar surface area (TPSA) is 59.8 Å². The van der Waals surface area contributed by atoms with Crippen molar-refractivity contribution in [2.75, 3.05) is 5.32 Å². The molecule has 1 aliphatic heterocycles. The van der Waals surface area contributed by atoms with Crippen molar-refractivity contribution in [3.63, 3.8) is 0 Å². The quantitative estimate of drug-likeness (QED) is 0.807. The first-order valence-corrected chi connectivity index (χ1v) is 8.03. The Morgan fingerprint density at radius 3 is 2.67 bits per heavy atom. The highest BCUT2D eigenvalue weighted by Crippen LogP contribution is 2.38. The summed E-state index contributed by atoms with van der Waals surface area (Å²) in [5, 5.41) is 7.56. The zero-order chi connectivity index (χ0) is 16.5. The van der Waals surface area contributed by atoms with Gasteiger partial charge < -0.3 is 5.32 Å². The lowest BCUT2D eigenvalue weighted by atomic mass is 9.86. The number of rotatable bonds is 3. The summed E-state index contributed by atoms with van der Waals surface area (Å²) in [4.78, 5) is 16.2. The van der Waals surface area contributed by atoms with Crippen molar-refractivity contribution in [2.45, 2.75) is 25.8 Å². The Kier molecular flexibility index (Phi) is 3.61. The van der Waals surface area contributed by atoms with Gasteiger partial charge in [0.1, 0.15) is 0 Å². The minimum Gasteiger partial charge on any atom is -0.309 e.